The molecular formula is C20H14F14N4O2+2. The van der Waals surface area contributed by atoms with Crippen molar-refractivity contribution in [1.29, 1.82) is 0 Å². The van der Waals surface area contributed by atoms with Gasteiger partial charge in [0.05, 0.1) is 0 Å². The molecule has 2 aromatic rings. The summed E-state index contributed by atoms with van der Waals surface area (Å²) in [5, 5.41) is 0. The van der Waals surface area contributed by atoms with Crippen molar-refractivity contribution in [3.8, 4) is 0 Å². The molecule has 2 amide bonds. The summed E-state index contributed by atoms with van der Waals surface area (Å²) >= 11 is 0. The van der Waals surface area contributed by atoms with Gasteiger partial charge < -0.3 is 0 Å². The van der Waals surface area contributed by atoms with Crippen LogP contribution in [-0.2, 0) is 22.4 Å². The average molecular weight is 608 g/mol. The van der Waals surface area contributed by atoms with E-state index in [1.54, 1.807) is 0 Å². The maximum atomic E-state index is 13.4. The number of pyridine rings is 2. The molecule has 40 heavy (non-hydrogen) atoms. The van der Waals surface area contributed by atoms with Crippen molar-refractivity contribution in [3.05, 3.63) is 60.2 Å². The fraction of sp³-hybridized carbons (Fsp3) is 0.400. The van der Waals surface area contributed by atoms with Gasteiger partial charge in [0, 0.05) is 24.3 Å². The molecule has 0 saturated carbocycles. The van der Waals surface area contributed by atoms with Crippen molar-refractivity contribution in [2.24, 2.45) is 0 Å². The van der Waals surface area contributed by atoms with Crippen LogP contribution in [0.15, 0.2) is 49.1 Å². The lowest BCUT2D eigenvalue weighted by molar-refractivity contribution is -0.643. The maximum Gasteiger partial charge on any atom is 0.460 e. The van der Waals surface area contributed by atoms with Crippen LogP contribution in [0.25, 0.3) is 0 Å². The molecule has 2 N–H and O–H groups in total. The standard InChI is InChI=1S/C20H12F14N4O2/c21-15(22,17(25,26)19(29,30)31)13(39)35-37-7-3-11(4-8-37)1-2-12-5-9-38(10-6-12)36-14(40)16(23,24)18(27,28)20(32,33)34/h3-10H,1-2H2/p+2. The molecule has 2 rings (SSSR count). The highest BCUT2D eigenvalue weighted by molar-refractivity contribution is 5.90. The van der Waals surface area contributed by atoms with Crippen LogP contribution in [0.2, 0.25) is 0 Å². The van der Waals surface area contributed by atoms with Crippen LogP contribution in [0.5, 0.6) is 0 Å². The first-order valence-electron chi connectivity index (χ1n) is 10.2. The summed E-state index contributed by atoms with van der Waals surface area (Å²) in [6.45, 7) is 0. The van der Waals surface area contributed by atoms with Gasteiger partial charge in [-0.1, -0.05) is 9.35 Å². The third-order valence-corrected chi connectivity index (χ3v) is 5.03. The fourth-order valence-corrected chi connectivity index (χ4v) is 2.70. The van der Waals surface area contributed by atoms with E-state index < -0.39 is 47.9 Å². The van der Waals surface area contributed by atoms with Gasteiger partial charge in [0.15, 0.2) is 24.8 Å². The lowest BCUT2D eigenvalue weighted by Gasteiger charge is -2.25. The second kappa shape index (κ2) is 10.7. The number of amides is 2. The minimum Gasteiger partial charge on any atom is -0.262 e. The minimum atomic E-state index is -6.71. The highest BCUT2D eigenvalue weighted by Gasteiger charge is 2.78. The first kappa shape index (κ1) is 32.5. The van der Waals surface area contributed by atoms with E-state index in [9.17, 15) is 71.1 Å². The smallest absolute Gasteiger partial charge is 0.262 e. The number of nitrogens with one attached hydrogen (secondary N) is 2. The first-order chi connectivity index (χ1) is 17.9. The number of aryl methyl sites for hydroxylation is 2. The van der Waals surface area contributed by atoms with Crippen molar-refractivity contribution < 1.29 is 80.4 Å². The van der Waals surface area contributed by atoms with Crippen LogP contribution in [0.3, 0.4) is 0 Å². The Kier molecular flexibility index (Phi) is 8.67. The van der Waals surface area contributed by atoms with E-state index in [1.807, 2.05) is 0 Å². The molecule has 6 nitrogen and oxygen atoms in total. The molecule has 0 atom stereocenters. The third-order valence-electron chi connectivity index (χ3n) is 5.03. The molecule has 0 aliphatic carbocycles. The summed E-state index contributed by atoms with van der Waals surface area (Å²) in [6.07, 6.45) is -9.86. The minimum absolute atomic E-state index is 0.114. The molecule has 0 unspecified atom stereocenters. The van der Waals surface area contributed by atoms with Gasteiger partial charge in [-0.2, -0.15) is 61.5 Å². The van der Waals surface area contributed by atoms with Gasteiger partial charge in [0.25, 0.3) is 0 Å². The third kappa shape index (κ3) is 6.35. The number of halogens is 14. The molecule has 0 aromatic carbocycles. The van der Waals surface area contributed by atoms with Crippen LogP contribution in [0.4, 0.5) is 61.5 Å². The van der Waals surface area contributed by atoms with Gasteiger partial charge in [-0.05, 0) is 24.0 Å². The molecule has 0 aliphatic heterocycles. The fourth-order valence-electron chi connectivity index (χ4n) is 2.70. The van der Waals surface area contributed by atoms with Gasteiger partial charge in [0.2, 0.25) is 0 Å². The molecule has 0 radical (unpaired) electrons. The van der Waals surface area contributed by atoms with Gasteiger partial charge in [-0.3, -0.25) is 9.59 Å². The molecule has 0 bridgehead atoms. The summed E-state index contributed by atoms with van der Waals surface area (Å²) < 4.78 is 179. The summed E-state index contributed by atoms with van der Waals surface area (Å²) in [5.74, 6) is -31.5. The monoisotopic (exact) mass is 608 g/mol. The van der Waals surface area contributed by atoms with Gasteiger partial charge >= 0.3 is 47.9 Å². The van der Waals surface area contributed by atoms with E-state index in [4.69, 9.17) is 0 Å². The zero-order valence-corrected chi connectivity index (χ0v) is 19.0. The average Bonchev–Trinajstić information content (AvgIpc) is 2.82. The van der Waals surface area contributed by atoms with Crippen LogP contribution in [0, 0.1) is 0 Å². The predicted molar refractivity (Wildman–Crippen MR) is 101 cm³/mol. The highest BCUT2D eigenvalue weighted by atomic mass is 19.4. The molecule has 222 valence electrons. The van der Waals surface area contributed by atoms with Crippen LogP contribution in [-0.4, -0.2) is 47.9 Å². The molecule has 0 spiro atoms. The zero-order valence-electron chi connectivity index (χ0n) is 19.0. The van der Waals surface area contributed by atoms with Crippen LogP contribution < -0.4 is 20.2 Å². The topological polar surface area (TPSA) is 66.0 Å². The molecule has 2 heterocycles. The van der Waals surface area contributed by atoms with Gasteiger partial charge in [-0.15, -0.1) is 10.9 Å². The molecule has 0 aliphatic rings. The van der Waals surface area contributed by atoms with E-state index in [1.165, 1.54) is 0 Å². The van der Waals surface area contributed by atoms with Crippen molar-refractivity contribution in [3.63, 3.8) is 0 Å². The molecule has 20 heteroatoms. The van der Waals surface area contributed by atoms with Crippen molar-refractivity contribution >= 4 is 11.8 Å². The molecule has 0 fully saturated rings. The van der Waals surface area contributed by atoms with E-state index in [-0.39, 0.29) is 12.8 Å². The van der Waals surface area contributed by atoms with Crippen molar-refractivity contribution in [2.75, 3.05) is 10.9 Å². The Bertz CT molecular complexity index is 1110. The number of hydrogen-bond donors (Lipinski definition) is 2. The number of aromatic nitrogens is 2. The Labute approximate surface area is 213 Å². The predicted octanol–water partition coefficient (Wildman–Crippen LogP) is 3.85. The SMILES string of the molecule is O=C(N[n+]1ccc(CCc2cc[n+](NC(=O)C(F)(F)C(F)(F)C(F)(F)F)cc2)cc1)C(F)(F)C(F)(F)C(F)(F)F. The maximum absolute atomic E-state index is 13.4. The second-order valence-corrected chi connectivity index (χ2v) is 7.90. The highest BCUT2D eigenvalue weighted by Crippen LogP contribution is 2.47. The number of rotatable bonds is 9. The zero-order chi connectivity index (χ0) is 30.9. The second-order valence-electron chi connectivity index (χ2n) is 7.90. The number of nitrogens with zero attached hydrogens (tertiary/aromatic N) is 2. The lowest BCUT2D eigenvalue weighted by atomic mass is 10.1. The quantitative estimate of drug-likeness (QED) is 0.336. The lowest BCUT2D eigenvalue weighted by Crippen LogP contribution is -2.62. The normalized spacial score (nSPS) is 13.7. The summed E-state index contributed by atoms with van der Waals surface area (Å²) in [4.78, 5) is 22.7. The largest absolute Gasteiger partial charge is 0.460 e. The first-order valence-corrected chi connectivity index (χ1v) is 10.2. The summed E-state index contributed by atoms with van der Waals surface area (Å²) in [7, 11) is 0. The van der Waals surface area contributed by atoms with Crippen molar-refractivity contribution in [1.82, 2.24) is 0 Å². The Morgan fingerprint density at radius 1 is 0.525 bits per heavy atom. The number of hydrogen-bond acceptors (Lipinski definition) is 2. The Hall–Kier alpha value is -3.74. The van der Waals surface area contributed by atoms with Crippen molar-refractivity contribution in [2.45, 2.75) is 48.9 Å². The van der Waals surface area contributed by atoms with E-state index in [2.05, 4.69) is 0 Å². The Balaban J connectivity index is 1.99. The Morgan fingerprint density at radius 3 is 1.00 bits per heavy atom. The Morgan fingerprint density at radius 2 is 0.775 bits per heavy atom. The summed E-state index contributed by atoms with van der Waals surface area (Å²) in [6, 6.07) is 4.58. The van der Waals surface area contributed by atoms with E-state index >= 15 is 0 Å². The number of carbonyl (C=O) groups is 2. The van der Waals surface area contributed by atoms with Gasteiger partial charge in [0.1, 0.15) is 0 Å². The van der Waals surface area contributed by atoms with Gasteiger partial charge in [-0.25, -0.2) is 0 Å². The molecule has 2 aromatic heterocycles. The summed E-state index contributed by atoms with van der Waals surface area (Å²) in [5.41, 5.74) is 3.09. The number of alkyl halides is 14. The van der Waals surface area contributed by atoms with E-state index in [0.29, 0.717) is 20.5 Å². The number of carbonyl (C=O) groups excluding carboxylic acids is 2. The van der Waals surface area contributed by atoms with E-state index in [0.717, 1.165) is 59.9 Å². The molecule has 0 saturated heterocycles. The van der Waals surface area contributed by atoms with Crippen LogP contribution in [0.1, 0.15) is 11.1 Å². The molecular weight excluding hydrogens is 594 g/mol. The van der Waals surface area contributed by atoms with Crippen LogP contribution >= 0.6 is 0 Å².